The average molecular weight is 712 g/mol. The van der Waals surface area contributed by atoms with Crippen molar-refractivity contribution < 1.29 is 0 Å². The summed E-state index contributed by atoms with van der Waals surface area (Å²) >= 11 is 0. The zero-order valence-electron chi connectivity index (χ0n) is 30.8. The molecule has 2 unspecified atom stereocenters. The number of hydrogen-bond acceptors (Lipinski definition) is 1. The van der Waals surface area contributed by atoms with Gasteiger partial charge in [0, 0.05) is 23.0 Å². The predicted molar refractivity (Wildman–Crippen MR) is 232 cm³/mol. The van der Waals surface area contributed by atoms with E-state index in [1.165, 1.54) is 77.9 Å². The normalized spacial score (nSPS) is 14.8. The van der Waals surface area contributed by atoms with Crippen LogP contribution in [0.15, 0.2) is 212 Å². The molecule has 8 aromatic carbocycles. The monoisotopic (exact) mass is 711 g/mol. The molecule has 0 spiro atoms. The fraction of sp³-hybridized carbons (Fsp3) is 0.0364. The zero-order valence-corrected chi connectivity index (χ0v) is 30.8. The molecule has 1 nitrogen and oxygen atoms in total. The van der Waals surface area contributed by atoms with Crippen LogP contribution in [0.2, 0.25) is 0 Å². The maximum Gasteiger partial charge on any atom is 0.0712 e. The van der Waals surface area contributed by atoms with Crippen molar-refractivity contribution in [3.63, 3.8) is 0 Å². The topological polar surface area (TPSA) is 12.9 Å². The van der Waals surface area contributed by atoms with Crippen LogP contribution >= 0.6 is 0 Å². The van der Waals surface area contributed by atoms with Gasteiger partial charge < -0.3 is 0 Å². The maximum atomic E-state index is 5.43. The van der Waals surface area contributed by atoms with E-state index >= 15 is 0 Å². The summed E-state index contributed by atoms with van der Waals surface area (Å²) in [7, 11) is 0. The highest BCUT2D eigenvalue weighted by Crippen LogP contribution is 2.58. The van der Waals surface area contributed by atoms with Crippen LogP contribution in [-0.4, -0.2) is 4.98 Å². The number of nitrogens with zero attached hydrogens (tertiary/aromatic N) is 1. The number of aromatic nitrogens is 1. The van der Waals surface area contributed by atoms with Gasteiger partial charge in [0.2, 0.25) is 0 Å². The molecular formula is C55H37N. The molecule has 1 heterocycles. The molecule has 9 aromatic rings. The van der Waals surface area contributed by atoms with Gasteiger partial charge in [-0.05, 0) is 90.0 Å². The largest absolute Gasteiger partial charge is 0.248 e. The minimum absolute atomic E-state index is 0.0318. The Labute approximate surface area is 328 Å². The lowest BCUT2D eigenvalue weighted by atomic mass is 9.80. The molecule has 11 rings (SSSR count). The van der Waals surface area contributed by atoms with Crippen LogP contribution in [0.4, 0.5) is 0 Å². The number of rotatable bonds is 6. The Morgan fingerprint density at radius 3 is 1.09 bits per heavy atom. The van der Waals surface area contributed by atoms with E-state index in [2.05, 4.69) is 212 Å². The van der Waals surface area contributed by atoms with Crippen molar-refractivity contribution >= 4 is 0 Å². The highest BCUT2D eigenvalue weighted by molar-refractivity contribution is 5.91. The van der Waals surface area contributed by atoms with E-state index in [0.717, 1.165) is 22.5 Å². The molecule has 2 aliphatic carbocycles. The van der Waals surface area contributed by atoms with Crippen molar-refractivity contribution in [1.82, 2.24) is 4.98 Å². The summed E-state index contributed by atoms with van der Waals surface area (Å²) in [6.45, 7) is 0. The molecule has 0 aliphatic heterocycles. The van der Waals surface area contributed by atoms with Crippen LogP contribution in [0, 0.1) is 0 Å². The molecule has 0 bridgehead atoms. The van der Waals surface area contributed by atoms with Crippen LogP contribution in [0.25, 0.3) is 67.0 Å². The van der Waals surface area contributed by atoms with E-state index in [0.29, 0.717) is 0 Å². The van der Waals surface area contributed by atoms with E-state index in [4.69, 9.17) is 4.98 Å². The Bertz CT molecular complexity index is 2770. The van der Waals surface area contributed by atoms with Crippen molar-refractivity contribution in [3.05, 3.63) is 246 Å². The van der Waals surface area contributed by atoms with Gasteiger partial charge in [0.15, 0.2) is 0 Å². The lowest BCUT2D eigenvalue weighted by Gasteiger charge is -2.23. The number of hydrogen-bond donors (Lipinski definition) is 0. The lowest BCUT2D eigenvalue weighted by Crippen LogP contribution is -2.08. The number of pyridine rings is 1. The van der Waals surface area contributed by atoms with Gasteiger partial charge in [-0.15, -0.1) is 0 Å². The van der Waals surface area contributed by atoms with E-state index in [1.54, 1.807) is 0 Å². The third kappa shape index (κ3) is 5.35. The van der Waals surface area contributed by atoms with Crippen molar-refractivity contribution in [1.29, 1.82) is 0 Å². The Hall–Kier alpha value is -7.09. The fourth-order valence-electron chi connectivity index (χ4n) is 9.31. The van der Waals surface area contributed by atoms with Gasteiger partial charge in [0.25, 0.3) is 0 Å². The van der Waals surface area contributed by atoms with Gasteiger partial charge >= 0.3 is 0 Å². The Kier molecular flexibility index (Phi) is 7.70. The van der Waals surface area contributed by atoms with Crippen molar-refractivity contribution in [3.8, 4) is 67.0 Å². The summed E-state index contributed by atoms with van der Waals surface area (Å²) in [6.07, 6.45) is 0. The smallest absolute Gasteiger partial charge is 0.0712 e. The Morgan fingerprint density at radius 2 is 0.625 bits per heavy atom. The van der Waals surface area contributed by atoms with Crippen LogP contribution in [0.3, 0.4) is 0 Å². The molecule has 0 amide bonds. The van der Waals surface area contributed by atoms with E-state index < -0.39 is 0 Å². The fourth-order valence-corrected chi connectivity index (χ4v) is 9.31. The van der Waals surface area contributed by atoms with Gasteiger partial charge in [-0.3, -0.25) is 0 Å². The second-order valence-electron chi connectivity index (χ2n) is 15.0. The van der Waals surface area contributed by atoms with Crippen LogP contribution in [-0.2, 0) is 0 Å². The van der Waals surface area contributed by atoms with Gasteiger partial charge in [0.1, 0.15) is 0 Å². The first kappa shape index (κ1) is 32.3. The Balaban J connectivity index is 1.12. The molecule has 2 atom stereocenters. The van der Waals surface area contributed by atoms with Gasteiger partial charge in [-0.25, -0.2) is 4.98 Å². The summed E-state index contributed by atoms with van der Waals surface area (Å²) in [4.78, 5) is 5.43. The Morgan fingerprint density at radius 1 is 0.268 bits per heavy atom. The van der Waals surface area contributed by atoms with E-state index in [1.807, 2.05) is 0 Å². The van der Waals surface area contributed by atoms with Crippen molar-refractivity contribution in [2.75, 3.05) is 0 Å². The summed E-state index contributed by atoms with van der Waals surface area (Å²) in [5.41, 5.74) is 22.5. The minimum atomic E-state index is 0.0318. The first-order chi connectivity index (χ1) is 27.8. The highest BCUT2D eigenvalue weighted by atomic mass is 14.7. The molecule has 0 saturated heterocycles. The second-order valence-corrected chi connectivity index (χ2v) is 15.0. The molecule has 0 saturated carbocycles. The van der Waals surface area contributed by atoms with E-state index in [9.17, 15) is 0 Å². The first-order valence-corrected chi connectivity index (χ1v) is 19.5. The molecule has 0 radical (unpaired) electrons. The third-order valence-electron chi connectivity index (χ3n) is 11.9. The maximum absolute atomic E-state index is 5.43. The number of benzene rings is 8. The molecule has 0 N–H and O–H groups in total. The quantitative estimate of drug-likeness (QED) is 0.167. The van der Waals surface area contributed by atoms with Crippen molar-refractivity contribution in [2.45, 2.75) is 11.8 Å². The van der Waals surface area contributed by atoms with E-state index in [-0.39, 0.29) is 11.8 Å². The van der Waals surface area contributed by atoms with Gasteiger partial charge in [-0.1, -0.05) is 200 Å². The third-order valence-corrected chi connectivity index (χ3v) is 11.9. The molecule has 56 heavy (non-hydrogen) atoms. The van der Waals surface area contributed by atoms with Crippen LogP contribution in [0.1, 0.15) is 45.2 Å². The molecule has 262 valence electrons. The second kappa shape index (κ2) is 13.3. The number of fused-ring (bicyclic) bond motifs is 7. The molecule has 1 aromatic heterocycles. The van der Waals surface area contributed by atoms with Crippen LogP contribution in [0.5, 0.6) is 0 Å². The predicted octanol–water partition coefficient (Wildman–Crippen LogP) is 14.1. The average Bonchev–Trinajstić information content (AvgIpc) is 3.80. The summed E-state index contributed by atoms with van der Waals surface area (Å²) in [5, 5.41) is 0. The zero-order chi connectivity index (χ0) is 37.0. The van der Waals surface area contributed by atoms with Gasteiger partial charge in [-0.2, -0.15) is 0 Å². The summed E-state index contributed by atoms with van der Waals surface area (Å²) < 4.78 is 0. The standard InChI is InChI=1S/C55H37N/c1-4-14-36(15-5-1)38-24-28-40(29-25-38)50-34-43(35-51(56-50)41-30-26-39(27-31-41)37-16-6-2-7-17-37)53-47-23-13-11-21-45(47)49-33-32-48-44-20-10-12-22-46(44)52(54(48)55(49)53)42-18-8-3-9-19-42/h1-35,52-53H. The molecule has 0 fully saturated rings. The van der Waals surface area contributed by atoms with Gasteiger partial charge in [0.05, 0.1) is 11.4 Å². The SMILES string of the molecule is c1ccc(-c2ccc(-c3cc(C4c5ccccc5-c5ccc6c(c54)C(c4ccccc4)c4ccccc4-6)cc(-c4ccc(-c5ccccc5)cc4)n3)cc2)cc1. The van der Waals surface area contributed by atoms with Crippen LogP contribution < -0.4 is 0 Å². The molecule has 1 heteroatoms. The summed E-state index contributed by atoms with van der Waals surface area (Å²) in [6, 6.07) is 77.6. The minimum Gasteiger partial charge on any atom is -0.248 e. The molecule has 2 aliphatic rings. The van der Waals surface area contributed by atoms with Crippen molar-refractivity contribution in [2.24, 2.45) is 0 Å². The molecular weight excluding hydrogens is 675 g/mol. The summed E-state index contributed by atoms with van der Waals surface area (Å²) in [5.74, 6) is 0.176. The lowest BCUT2D eigenvalue weighted by molar-refractivity contribution is 0.936. The first-order valence-electron chi connectivity index (χ1n) is 19.5. The highest BCUT2D eigenvalue weighted by Gasteiger charge is 2.40.